The SMILES string of the molecule is COCOCC(NC(=O)OC(C)(C)C)c1c(C#CCN(C)CC2OCCO2)cccc1OC. The number of carbonyl (C=O) groups is 1. The van der Waals surface area contributed by atoms with E-state index < -0.39 is 17.7 Å². The summed E-state index contributed by atoms with van der Waals surface area (Å²) in [5.74, 6) is 6.97. The summed E-state index contributed by atoms with van der Waals surface area (Å²) in [6, 6.07) is 5.00. The van der Waals surface area contributed by atoms with Crippen LogP contribution in [0.15, 0.2) is 18.2 Å². The lowest BCUT2D eigenvalue weighted by Gasteiger charge is -2.25. The molecule has 1 aliphatic heterocycles. The molecule has 0 bridgehead atoms. The van der Waals surface area contributed by atoms with E-state index in [4.69, 9.17) is 28.4 Å². The van der Waals surface area contributed by atoms with Gasteiger partial charge in [-0.1, -0.05) is 17.9 Å². The van der Waals surface area contributed by atoms with Gasteiger partial charge < -0.3 is 33.7 Å². The zero-order valence-electron chi connectivity index (χ0n) is 20.4. The molecule has 1 N–H and O–H groups in total. The van der Waals surface area contributed by atoms with E-state index in [-0.39, 0.29) is 19.7 Å². The van der Waals surface area contributed by atoms with Crippen molar-refractivity contribution in [2.24, 2.45) is 0 Å². The molecule has 9 nitrogen and oxygen atoms in total. The first-order valence-corrected chi connectivity index (χ1v) is 10.9. The fourth-order valence-electron chi connectivity index (χ4n) is 3.19. The first kappa shape index (κ1) is 26.9. The van der Waals surface area contributed by atoms with E-state index in [1.54, 1.807) is 27.9 Å². The molecule has 1 aromatic rings. The molecule has 0 radical (unpaired) electrons. The Morgan fingerprint density at radius 3 is 2.64 bits per heavy atom. The zero-order valence-corrected chi connectivity index (χ0v) is 20.4. The summed E-state index contributed by atoms with van der Waals surface area (Å²) in [6.07, 6.45) is -0.779. The average Bonchev–Trinajstić information content (AvgIpc) is 3.24. The number of amides is 1. The molecule has 0 aromatic heterocycles. The maximum absolute atomic E-state index is 12.5. The van der Waals surface area contributed by atoms with Crippen LogP contribution in [0, 0.1) is 11.8 Å². The summed E-state index contributed by atoms with van der Waals surface area (Å²) < 4.78 is 32.6. The fraction of sp³-hybridized carbons (Fsp3) is 0.625. The molecule has 0 saturated carbocycles. The highest BCUT2D eigenvalue weighted by molar-refractivity contribution is 5.69. The van der Waals surface area contributed by atoms with Crippen LogP contribution in [0.2, 0.25) is 0 Å². The van der Waals surface area contributed by atoms with Gasteiger partial charge in [0.2, 0.25) is 0 Å². The highest BCUT2D eigenvalue weighted by Gasteiger charge is 2.25. The Balaban J connectivity index is 2.22. The second kappa shape index (κ2) is 13.4. The molecular formula is C24H36N2O7. The summed E-state index contributed by atoms with van der Waals surface area (Å²) in [5, 5.41) is 2.88. The lowest BCUT2D eigenvalue weighted by Crippen LogP contribution is -2.37. The Kier molecular flexibility index (Phi) is 10.9. The third-order valence-corrected chi connectivity index (χ3v) is 4.53. The summed E-state index contributed by atoms with van der Waals surface area (Å²) in [7, 11) is 5.07. The molecule has 1 atom stereocenters. The van der Waals surface area contributed by atoms with E-state index in [1.807, 2.05) is 30.1 Å². The van der Waals surface area contributed by atoms with Crippen molar-refractivity contribution in [2.45, 2.75) is 38.7 Å². The zero-order chi connectivity index (χ0) is 24.3. The van der Waals surface area contributed by atoms with Crippen molar-refractivity contribution < 1.29 is 33.2 Å². The van der Waals surface area contributed by atoms with Gasteiger partial charge in [0, 0.05) is 18.2 Å². The third kappa shape index (κ3) is 9.58. The largest absolute Gasteiger partial charge is 0.496 e. The lowest BCUT2D eigenvalue weighted by atomic mass is 9.99. The van der Waals surface area contributed by atoms with E-state index in [9.17, 15) is 4.79 Å². The summed E-state index contributed by atoms with van der Waals surface area (Å²) in [6.45, 7) is 8.04. The van der Waals surface area contributed by atoms with Gasteiger partial charge in [0.25, 0.3) is 0 Å². The maximum Gasteiger partial charge on any atom is 0.408 e. The number of carbonyl (C=O) groups excluding carboxylic acids is 1. The van der Waals surface area contributed by atoms with Crippen molar-refractivity contribution in [3.8, 4) is 17.6 Å². The van der Waals surface area contributed by atoms with E-state index in [0.717, 1.165) is 5.56 Å². The summed E-state index contributed by atoms with van der Waals surface area (Å²) in [5.41, 5.74) is 0.792. The number of alkyl carbamates (subject to hydrolysis) is 1. The molecule has 1 amide bonds. The quantitative estimate of drug-likeness (QED) is 0.321. The molecule has 1 heterocycles. The van der Waals surface area contributed by atoms with Crippen molar-refractivity contribution in [1.29, 1.82) is 0 Å². The van der Waals surface area contributed by atoms with Crippen LogP contribution in [-0.2, 0) is 23.7 Å². The molecule has 2 rings (SSSR count). The maximum atomic E-state index is 12.5. The van der Waals surface area contributed by atoms with Crippen LogP contribution in [0.25, 0.3) is 0 Å². The van der Waals surface area contributed by atoms with E-state index >= 15 is 0 Å². The van der Waals surface area contributed by atoms with Gasteiger partial charge in [0.1, 0.15) is 18.1 Å². The molecule has 184 valence electrons. The van der Waals surface area contributed by atoms with Crippen molar-refractivity contribution in [3.63, 3.8) is 0 Å². The molecular weight excluding hydrogens is 428 g/mol. The molecule has 1 fully saturated rings. The number of rotatable bonds is 10. The first-order chi connectivity index (χ1) is 15.7. The van der Waals surface area contributed by atoms with Crippen LogP contribution in [0.3, 0.4) is 0 Å². The van der Waals surface area contributed by atoms with Crippen molar-refractivity contribution >= 4 is 6.09 Å². The predicted octanol–water partition coefficient (Wildman–Crippen LogP) is 2.54. The standard InChI is InChI=1S/C24H36N2O7/c1-24(2,3)33-23(27)25-19(16-30-17-28-5)22-18(9-7-11-20(22)29-6)10-8-12-26(4)15-21-31-13-14-32-21/h7,9,11,19,21H,12-17H2,1-6H3,(H,25,27). The number of nitrogens with one attached hydrogen (secondary N) is 1. The van der Waals surface area contributed by atoms with Crippen molar-refractivity contribution in [3.05, 3.63) is 29.3 Å². The van der Waals surface area contributed by atoms with Crippen LogP contribution in [0.5, 0.6) is 5.75 Å². The molecule has 33 heavy (non-hydrogen) atoms. The Morgan fingerprint density at radius 2 is 2.00 bits per heavy atom. The molecule has 1 unspecified atom stereocenters. The molecule has 0 spiro atoms. The third-order valence-electron chi connectivity index (χ3n) is 4.53. The Bertz CT molecular complexity index is 807. The number of hydrogen-bond donors (Lipinski definition) is 1. The fourth-order valence-corrected chi connectivity index (χ4v) is 3.19. The molecule has 1 aromatic carbocycles. The molecule has 9 heteroatoms. The monoisotopic (exact) mass is 464 g/mol. The van der Waals surface area contributed by atoms with Crippen LogP contribution in [0.4, 0.5) is 4.79 Å². The van der Waals surface area contributed by atoms with Gasteiger partial charge in [-0.05, 0) is 40.0 Å². The normalized spacial score (nSPS) is 15.1. The Morgan fingerprint density at radius 1 is 1.27 bits per heavy atom. The summed E-state index contributed by atoms with van der Waals surface area (Å²) in [4.78, 5) is 14.6. The number of benzene rings is 1. The minimum absolute atomic E-state index is 0.0821. The topological polar surface area (TPSA) is 87.7 Å². The number of methoxy groups -OCH3 is 2. The molecule has 1 aliphatic rings. The molecule has 0 aliphatic carbocycles. The van der Waals surface area contributed by atoms with Gasteiger partial charge in [-0.3, -0.25) is 4.90 Å². The van der Waals surface area contributed by atoms with E-state index in [0.29, 0.717) is 37.6 Å². The van der Waals surface area contributed by atoms with Crippen molar-refractivity contribution in [2.75, 3.05) is 61.0 Å². The number of nitrogens with zero attached hydrogens (tertiary/aromatic N) is 1. The van der Waals surface area contributed by atoms with E-state index in [1.165, 1.54) is 7.11 Å². The van der Waals surface area contributed by atoms with Crippen LogP contribution in [-0.4, -0.2) is 83.9 Å². The molecule has 1 saturated heterocycles. The first-order valence-electron chi connectivity index (χ1n) is 10.9. The number of ether oxygens (including phenoxy) is 6. The van der Waals surface area contributed by atoms with Gasteiger partial charge in [-0.2, -0.15) is 0 Å². The van der Waals surface area contributed by atoms with Gasteiger partial charge in [-0.25, -0.2) is 4.79 Å². The van der Waals surface area contributed by atoms with Gasteiger partial charge in [0.15, 0.2) is 6.29 Å². The minimum atomic E-state index is -0.636. The van der Waals surface area contributed by atoms with Crippen molar-refractivity contribution in [1.82, 2.24) is 10.2 Å². The summed E-state index contributed by atoms with van der Waals surface area (Å²) >= 11 is 0. The van der Waals surface area contributed by atoms with Crippen LogP contribution >= 0.6 is 0 Å². The second-order valence-electron chi connectivity index (χ2n) is 8.57. The van der Waals surface area contributed by atoms with Gasteiger partial charge in [-0.15, -0.1) is 0 Å². The Hall–Kier alpha value is -2.35. The lowest BCUT2D eigenvalue weighted by molar-refractivity contribution is -0.0564. The number of hydrogen-bond acceptors (Lipinski definition) is 8. The Labute approximate surface area is 196 Å². The van der Waals surface area contributed by atoms with Gasteiger partial charge in [0.05, 0.1) is 46.1 Å². The average molecular weight is 465 g/mol. The smallest absolute Gasteiger partial charge is 0.408 e. The van der Waals surface area contributed by atoms with E-state index in [2.05, 4.69) is 17.2 Å². The minimum Gasteiger partial charge on any atom is -0.496 e. The second-order valence-corrected chi connectivity index (χ2v) is 8.57. The predicted molar refractivity (Wildman–Crippen MR) is 123 cm³/mol. The highest BCUT2D eigenvalue weighted by atomic mass is 16.7. The van der Waals surface area contributed by atoms with Crippen LogP contribution < -0.4 is 10.1 Å². The van der Waals surface area contributed by atoms with Crippen LogP contribution in [0.1, 0.15) is 37.9 Å². The highest BCUT2D eigenvalue weighted by Crippen LogP contribution is 2.29. The number of likely N-dealkylation sites (N-methyl/N-ethyl adjacent to an activating group) is 1. The van der Waals surface area contributed by atoms with Gasteiger partial charge >= 0.3 is 6.09 Å².